The Morgan fingerprint density at radius 2 is 2.07 bits per heavy atom. The average Bonchev–Trinajstić information content (AvgIpc) is 2.23. The molecule has 0 saturated carbocycles. The van der Waals surface area contributed by atoms with Crippen LogP contribution in [-0.4, -0.2) is 4.98 Å². The van der Waals surface area contributed by atoms with E-state index in [0.29, 0.717) is 5.56 Å². The first kappa shape index (κ1) is 10.1. The maximum absolute atomic E-state index is 13.4. The van der Waals surface area contributed by atoms with Crippen LogP contribution in [-0.2, 0) is 0 Å². The number of pyridine rings is 1. The second-order valence-electron chi connectivity index (χ2n) is 3.39. The Balaban J connectivity index is 2.60. The third-order valence-electron chi connectivity index (χ3n) is 2.31. The van der Waals surface area contributed by atoms with Gasteiger partial charge in [-0.2, -0.15) is 0 Å². The van der Waals surface area contributed by atoms with E-state index in [-0.39, 0.29) is 5.82 Å². The summed E-state index contributed by atoms with van der Waals surface area (Å²) in [5.41, 5.74) is 2.30. The molecule has 2 aromatic rings. The summed E-state index contributed by atoms with van der Waals surface area (Å²) >= 11 is 5.17. The van der Waals surface area contributed by atoms with Gasteiger partial charge in [0.2, 0.25) is 0 Å². The van der Waals surface area contributed by atoms with Gasteiger partial charge in [-0.15, -0.1) is 0 Å². The van der Waals surface area contributed by atoms with E-state index in [4.69, 9.17) is 12.2 Å². The molecular weight excluding hydrogens is 209 g/mol. The number of aromatic nitrogens is 1. The average molecular weight is 219 g/mol. The molecule has 0 bridgehead atoms. The van der Waals surface area contributed by atoms with Gasteiger partial charge in [-0.1, -0.05) is 24.4 Å². The smallest absolute Gasteiger partial charge is 0.126 e. The molecule has 0 aliphatic carbocycles. The first-order valence-electron chi connectivity index (χ1n) is 4.62. The van der Waals surface area contributed by atoms with E-state index in [9.17, 15) is 4.39 Å². The van der Waals surface area contributed by atoms with Crippen molar-refractivity contribution in [2.45, 2.75) is 6.92 Å². The van der Waals surface area contributed by atoms with E-state index in [2.05, 4.69) is 4.98 Å². The quantitative estimate of drug-likeness (QED) is 0.720. The Bertz CT molecular complexity index is 545. The third-order valence-corrected chi connectivity index (χ3v) is 2.66. The standard InChI is InChI=1S/C12H10FNS/c1-8-2-3-9(6-11(8)13)10-7-14-5-4-12(10)15/h2-7H,1H3,(H,14,15). The number of rotatable bonds is 1. The highest BCUT2D eigenvalue weighted by molar-refractivity contribution is 7.71. The number of aromatic amines is 1. The fraction of sp³-hybridized carbons (Fsp3) is 0.0833. The SMILES string of the molecule is Cc1ccc(-c2c[nH]ccc2=S)cc1F. The number of hydrogen-bond acceptors (Lipinski definition) is 1. The highest BCUT2D eigenvalue weighted by atomic mass is 32.1. The fourth-order valence-electron chi connectivity index (χ4n) is 1.40. The monoisotopic (exact) mass is 219 g/mol. The van der Waals surface area contributed by atoms with E-state index < -0.39 is 0 Å². The Morgan fingerprint density at radius 3 is 2.73 bits per heavy atom. The molecule has 0 aliphatic rings. The second-order valence-corrected chi connectivity index (χ2v) is 3.83. The lowest BCUT2D eigenvalue weighted by Gasteiger charge is -2.03. The zero-order chi connectivity index (χ0) is 10.8. The van der Waals surface area contributed by atoms with Crippen molar-refractivity contribution in [3.63, 3.8) is 0 Å². The van der Waals surface area contributed by atoms with Gasteiger partial charge < -0.3 is 4.98 Å². The molecular formula is C12H10FNS. The van der Waals surface area contributed by atoms with Gasteiger partial charge in [0.25, 0.3) is 0 Å². The molecule has 3 heteroatoms. The summed E-state index contributed by atoms with van der Waals surface area (Å²) in [7, 11) is 0. The molecule has 0 fully saturated rings. The van der Waals surface area contributed by atoms with Crippen LogP contribution in [0.2, 0.25) is 0 Å². The van der Waals surface area contributed by atoms with Crippen LogP contribution in [0.5, 0.6) is 0 Å². The minimum Gasteiger partial charge on any atom is -0.367 e. The van der Waals surface area contributed by atoms with E-state index in [0.717, 1.165) is 15.6 Å². The molecule has 1 aromatic carbocycles. The van der Waals surface area contributed by atoms with Crippen molar-refractivity contribution in [2.24, 2.45) is 0 Å². The van der Waals surface area contributed by atoms with Crippen molar-refractivity contribution in [1.29, 1.82) is 0 Å². The normalized spacial score (nSPS) is 10.3. The number of nitrogens with one attached hydrogen (secondary N) is 1. The summed E-state index contributed by atoms with van der Waals surface area (Å²) in [6.07, 6.45) is 3.54. The van der Waals surface area contributed by atoms with Gasteiger partial charge in [0.15, 0.2) is 0 Å². The topological polar surface area (TPSA) is 15.8 Å². The van der Waals surface area contributed by atoms with Crippen LogP contribution in [0.15, 0.2) is 36.7 Å². The first-order valence-corrected chi connectivity index (χ1v) is 5.03. The molecule has 1 N–H and O–H groups in total. The Hall–Kier alpha value is -1.48. The van der Waals surface area contributed by atoms with Gasteiger partial charge in [0.1, 0.15) is 5.82 Å². The van der Waals surface area contributed by atoms with Gasteiger partial charge in [-0.05, 0) is 30.2 Å². The summed E-state index contributed by atoms with van der Waals surface area (Å²) in [6.45, 7) is 1.74. The Kier molecular flexibility index (Phi) is 2.64. The highest BCUT2D eigenvalue weighted by Gasteiger charge is 2.02. The maximum atomic E-state index is 13.4. The first-order chi connectivity index (χ1) is 7.18. The van der Waals surface area contributed by atoms with Crippen molar-refractivity contribution in [3.05, 3.63) is 52.5 Å². The lowest BCUT2D eigenvalue weighted by atomic mass is 10.1. The molecule has 1 aromatic heterocycles. The molecule has 2 rings (SSSR count). The minimum atomic E-state index is -0.203. The van der Waals surface area contributed by atoms with Gasteiger partial charge in [-0.3, -0.25) is 0 Å². The fourth-order valence-corrected chi connectivity index (χ4v) is 1.65. The van der Waals surface area contributed by atoms with E-state index >= 15 is 0 Å². The molecule has 0 unspecified atom stereocenters. The largest absolute Gasteiger partial charge is 0.367 e. The van der Waals surface area contributed by atoms with Gasteiger partial charge >= 0.3 is 0 Å². The molecule has 0 atom stereocenters. The van der Waals surface area contributed by atoms with Crippen LogP contribution in [0.3, 0.4) is 0 Å². The number of halogens is 1. The summed E-state index contributed by atoms with van der Waals surface area (Å²) in [4.78, 5) is 2.95. The van der Waals surface area contributed by atoms with Crippen molar-refractivity contribution >= 4 is 12.2 Å². The van der Waals surface area contributed by atoms with Crippen LogP contribution in [0, 0.1) is 17.3 Å². The number of aryl methyl sites for hydroxylation is 1. The molecule has 0 radical (unpaired) electrons. The van der Waals surface area contributed by atoms with Crippen molar-refractivity contribution in [2.75, 3.05) is 0 Å². The number of benzene rings is 1. The van der Waals surface area contributed by atoms with E-state index in [1.807, 2.05) is 6.07 Å². The molecule has 0 amide bonds. The van der Waals surface area contributed by atoms with E-state index in [1.54, 1.807) is 31.5 Å². The molecule has 76 valence electrons. The molecule has 15 heavy (non-hydrogen) atoms. The molecule has 0 spiro atoms. The summed E-state index contributed by atoms with van der Waals surface area (Å²) in [6, 6.07) is 6.93. The predicted molar refractivity (Wildman–Crippen MR) is 61.8 cm³/mol. The van der Waals surface area contributed by atoms with Crippen molar-refractivity contribution in [1.82, 2.24) is 4.98 Å². The molecule has 0 aliphatic heterocycles. The zero-order valence-corrected chi connectivity index (χ0v) is 9.07. The molecule has 0 saturated heterocycles. The van der Waals surface area contributed by atoms with Gasteiger partial charge in [0.05, 0.1) is 0 Å². The van der Waals surface area contributed by atoms with E-state index in [1.165, 1.54) is 6.07 Å². The third kappa shape index (κ3) is 1.97. The van der Waals surface area contributed by atoms with Crippen LogP contribution in [0.25, 0.3) is 11.1 Å². The van der Waals surface area contributed by atoms with Crippen LogP contribution in [0.4, 0.5) is 4.39 Å². The van der Waals surface area contributed by atoms with Crippen molar-refractivity contribution in [3.8, 4) is 11.1 Å². The summed E-state index contributed by atoms with van der Waals surface area (Å²) < 4.78 is 14.1. The van der Waals surface area contributed by atoms with Crippen LogP contribution in [0.1, 0.15) is 5.56 Å². The van der Waals surface area contributed by atoms with Gasteiger partial charge in [0, 0.05) is 22.5 Å². The Labute approximate surface area is 92.6 Å². The molecule has 1 nitrogen and oxygen atoms in total. The Morgan fingerprint density at radius 1 is 1.27 bits per heavy atom. The summed E-state index contributed by atoms with van der Waals surface area (Å²) in [5.74, 6) is -0.203. The minimum absolute atomic E-state index is 0.203. The lowest BCUT2D eigenvalue weighted by molar-refractivity contribution is 0.619. The predicted octanol–water partition coefficient (Wildman–Crippen LogP) is 3.86. The lowest BCUT2D eigenvalue weighted by Crippen LogP contribution is -1.85. The second kappa shape index (κ2) is 3.95. The van der Waals surface area contributed by atoms with Crippen LogP contribution < -0.4 is 0 Å². The maximum Gasteiger partial charge on any atom is 0.126 e. The highest BCUT2D eigenvalue weighted by Crippen LogP contribution is 2.21. The molecule has 1 heterocycles. The zero-order valence-electron chi connectivity index (χ0n) is 8.25. The summed E-state index contributed by atoms with van der Waals surface area (Å²) in [5, 5.41) is 0. The van der Waals surface area contributed by atoms with Gasteiger partial charge in [-0.25, -0.2) is 4.39 Å². The van der Waals surface area contributed by atoms with Crippen molar-refractivity contribution < 1.29 is 4.39 Å². The van der Waals surface area contributed by atoms with Crippen LogP contribution >= 0.6 is 12.2 Å². The number of H-pyrrole nitrogens is 1. The number of hydrogen-bond donors (Lipinski definition) is 1.